The maximum Gasteiger partial charge on any atom is 0.488 e. The number of benzene rings is 1. The van der Waals surface area contributed by atoms with Crippen LogP contribution in [0.4, 0.5) is 0 Å². The Morgan fingerprint density at radius 1 is 0.608 bits per heavy atom. The Morgan fingerprint density at radius 2 is 1.13 bits per heavy atom. The van der Waals surface area contributed by atoms with Gasteiger partial charge in [-0.25, -0.2) is 0 Å². The Kier molecular flexibility index (Phi) is 46.9. The molecule has 12 atom stereocenters. The number of hydrogen-bond donors (Lipinski definition) is 14. The molecular weight excluding hydrogens is 1320 g/mol. The lowest BCUT2D eigenvalue weighted by Gasteiger charge is -2.31. The third-order valence-electron chi connectivity index (χ3n) is 15.8. The van der Waals surface area contributed by atoms with Crippen molar-refractivity contribution in [1.29, 1.82) is 0 Å². The second kappa shape index (κ2) is 51.5. The summed E-state index contributed by atoms with van der Waals surface area (Å²) in [5.41, 5.74) is 17.9. The van der Waals surface area contributed by atoms with Crippen molar-refractivity contribution in [2.75, 3.05) is 37.8 Å². The first kappa shape index (κ1) is 88.3. The van der Waals surface area contributed by atoms with E-state index in [-0.39, 0.29) is 55.8 Å². The standard InChI is InChI=1S/C64H107N12O18PS2/c1-7-41(5)55(76-64(91)56(42(6)8-2)75-62(89)51(38-78)74-57(84)46(66)39-97-96-33-29-45(79)24-16-9-10-17-26-53(81)68-31-20-11-12-21-32-94-95(92)93)63(90)73-50(36-52(67)80)61(88)72-49(35-43-22-14-13-15-23-43)60(87)71-48(27-28-54(82)83)59(86)70-47(25-18-19-30-65)58(85)69-44(37-77)34-40(3)4/h13-15,22-23,37,40-42,44,46-51,55-56,78H,7-12,16-21,24-36,38-39,65-66H2,1-6H3,(H2,67,80)(H,68,81)(H,69,85)(H,70,86)(H,71,87)(H,72,88)(H,73,90)(H,74,84)(H,75,89)(H,76,91)(H,82,83)/t41-,42-,44-,46-,47-,48?,49-,50?,51-,55-,56-/m0/s1. The number of aliphatic carboxylic acids is 1. The first-order valence-electron chi connectivity index (χ1n) is 33.4. The molecule has 0 bridgehead atoms. The quantitative estimate of drug-likeness (QED) is 0.0187. The summed E-state index contributed by atoms with van der Waals surface area (Å²) in [4.78, 5) is 183. The number of Topliss-reactive ketones (excluding diaryl/α,β-unsaturated/α-hetero) is 1. The number of unbranched alkanes of at least 4 members (excludes halogenated alkanes) is 7. The number of nitrogens with one attached hydrogen (secondary N) is 9. The Bertz CT molecular complexity index is 2650. The fourth-order valence-corrected chi connectivity index (χ4v) is 12.1. The van der Waals surface area contributed by atoms with Crippen LogP contribution in [0.1, 0.15) is 176 Å². The molecule has 0 heterocycles. The van der Waals surface area contributed by atoms with Crippen molar-refractivity contribution in [3.05, 3.63) is 35.9 Å². The van der Waals surface area contributed by atoms with Crippen LogP contribution in [0.25, 0.3) is 0 Å². The Morgan fingerprint density at radius 3 is 1.71 bits per heavy atom. The fraction of sp³-hybridized carbons (Fsp3) is 0.703. The van der Waals surface area contributed by atoms with Crippen LogP contribution in [0.2, 0.25) is 0 Å². The molecule has 0 saturated heterocycles. The molecule has 17 N–H and O–H groups in total. The average molecular weight is 1430 g/mol. The van der Waals surface area contributed by atoms with E-state index in [4.69, 9.17) is 17.2 Å². The molecule has 0 aliphatic rings. The number of carboxylic acids is 1. The molecule has 3 unspecified atom stereocenters. The number of nitrogens with two attached hydrogens (primary N) is 3. The van der Waals surface area contributed by atoms with Gasteiger partial charge in [0.25, 0.3) is 0 Å². The van der Waals surface area contributed by atoms with Crippen molar-refractivity contribution >= 4 is 107 Å². The summed E-state index contributed by atoms with van der Waals surface area (Å²) < 4.78 is 14.9. The molecule has 97 heavy (non-hydrogen) atoms. The lowest BCUT2D eigenvalue weighted by Crippen LogP contribution is -2.62. The number of primary amides is 1. The Hall–Kier alpha value is -6.67. The second-order valence-corrected chi connectivity index (χ2v) is 27.8. The van der Waals surface area contributed by atoms with Crippen LogP contribution in [0.15, 0.2) is 30.3 Å². The maximum atomic E-state index is 14.4. The summed E-state index contributed by atoms with van der Waals surface area (Å²) in [5, 5.41) is 43.2. The fourth-order valence-electron chi connectivity index (χ4n) is 9.69. The number of aldehydes is 1. The third kappa shape index (κ3) is 39.5. The molecule has 1 aromatic rings. The Balaban J connectivity index is 3.12. The molecule has 0 aliphatic heterocycles. The number of rotatable bonds is 56. The highest BCUT2D eigenvalue weighted by atomic mass is 33.1. The van der Waals surface area contributed by atoms with E-state index in [0.717, 1.165) is 32.1 Å². The number of carbonyl (C=O) groups excluding carboxylic acids is 12. The highest BCUT2D eigenvalue weighted by Gasteiger charge is 2.38. The lowest BCUT2D eigenvalue weighted by molar-refractivity contribution is -0.185. The summed E-state index contributed by atoms with van der Waals surface area (Å²) in [6.07, 6.45) is 7.26. The number of aliphatic hydroxyl groups excluding tert-OH is 1. The van der Waals surface area contributed by atoms with Gasteiger partial charge in [0.2, 0.25) is 59.1 Å². The van der Waals surface area contributed by atoms with E-state index in [2.05, 4.69) is 52.4 Å². The van der Waals surface area contributed by atoms with Crippen LogP contribution in [0, 0.1) is 17.8 Å². The van der Waals surface area contributed by atoms with Gasteiger partial charge in [-0.15, -0.1) is 4.52 Å². The van der Waals surface area contributed by atoms with Crippen molar-refractivity contribution in [2.45, 2.75) is 231 Å². The minimum Gasteiger partial charge on any atom is -0.566 e. The van der Waals surface area contributed by atoms with E-state index < -0.39 is 159 Å². The number of carbonyl (C=O) groups is 13. The second-order valence-electron chi connectivity index (χ2n) is 24.4. The molecule has 10 amide bonds. The molecule has 1 aromatic carbocycles. The lowest BCUT2D eigenvalue weighted by atomic mass is 9.94. The third-order valence-corrected chi connectivity index (χ3v) is 18.6. The highest BCUT2D eigenvalue weighted by Crippen LogP contribution is 2.23. The van der Waals surface area contributed by atoms with Crippen molar-refractivity contribution in [1.82, 2.24) is 47.9 Å². The van der Waals surface area contributed by atoms with Crippen LogP contribution < -0.4 is 69.9 Å². The molecule has 0 aromatic heterocycles. The molecule has 1 rings (SSSR count). The summed E-state index contributed by atoms with van der Waals surface area (Å²) >= 11 is 0. The smallest absolute Gasteiger partial charge is 0.488 e. The molecule has 0 fully saturated rings. The van der Waals surface area contributed by atoms with Gasteiger partial charge in [0.1, 0.15) is 61.0 Å². The van der Waals surface area contributed by atoms with Gasteiger partial charge in [0.05, 0.1) is 25.1 Å². The van der Waals surface area contributed by atoms with E-state index in [0.29, 0.717) is 88.4 Å². The van der Waals surface area contributed by atoms with E-state index in [9.17, 15) is 82.0 Å². The van der Waals surface area contributed by atoms with Gasteiger partial charge in [-0.2, -0.15) is 0 Å². The van der Waals surface area contributed by atoms with Crippen LogP contribution in [0.3, 0.4) is 0 Å². The first-order valence-corrected chi connectivity index (χ1v) is 37.0. The monoisotopic (exact) mass is 1430 g/mol. The molecule has 0 radical (unpaired) electrons. The van der Waals surface area contributed by atoms with E-state index >= 15 is 0 Å². The highest BCUT2D eigenvalue weighted by molar-refractivity contribution is 8.76. The number of aliphatic hydroxyl groups is 1. The van der Waals surface area contributed by atoms with E-state index in [1.807, 2.05) is 13.8 Å². The van der Waals surface area contributed by atoms with Crippen LogP contribution in [-0.4, -0.2) is 180 Å². The zero-order valence-electron chi connectivity index (χ0n) is 56.9. The van der Waals surface area contributed by atoms with Gasteiger partial charge in [-0.1, -0.05) is 132 Å². The summed E-state index contributed by atoms with van der Waals surface area (Å²) in [6.45, 7) is 10.5. The first-order chi connectivity index (χ1) is 46.1. The number of amides is 10. The Labute approximate surface area is 578 Å². The van der Waals surface area contributed by atoms with Gasteiger partial charge < -0.3 is 85.0 Å². The summed E-state index contributed by atoms with van der Waals surface area (Å²) in [6, 6.07) is -4.41. The molecule has 0 spiro atoms. The molecule has 0 saturated carbocycles. The number of hydrogen-bond acceptors (Lipinski definition) is 21. The number of ketones is 1. The van der Waals surface area contributed by atoms with Crippen molar-refractivity contribution in [3.63, 3.8) is 0 Å². The van der Waals surface area contributed by atoms with Gasteiger partial charge in [0.15, 0.2) is 0 Å². The topological polar surface area (TPSA) is 498 Å². The average Bonchev–Trinajstić information content (AvgIpc) is 0.901. The minimum absolute atomic E-state index is 0.0200. The van der Waals surface area contributed by atoms with Gasteiger partial charge in [0, 0.05) is 50.2 Å². The number of carboxylic acid groups (broad SMARTS) is 1. The van der Waals surface area contributed by atoms with Gasteiger partial charge in [-0.05, 0) is 92.2 Å². The largest absolute Gasteiger partial charge is 0.566 e. The molecule has 30 nitrogen and oxygen atoms in total. The normalized spacial score (nSPS) is 14.8. The maximum absolute atomic E-state index is 14.4. The van der Waals surface area contributed by atoms with E-state index in [1.165, 1.54) is 21.6 Å². The zero-order valence-corrected chi connectivity index (χ0v) is 59.4. The summed E-state index contributed by atoms with van der Waals surface area (Å²) in [5.74, 6) is -10.5. The van der Waals surface area contributed by atoms with Crippen molar-refractivity contribution < 1.29 is 86.5 Å². The van der Waals surface area contributed by atoms with Gasteiger partial charge >= 0.3 is 14.2 Å². The van der Waals surface area contributed by atoms with E-state index in [1.54, 1.807) is 58.0 Å². The predicted octanol–water partition coefficient (Wildman–Crippen LogP) is 1.03. The molecule has 548 valence electrons. The zero-order chi connectivity index (χ0) is 72.8. The predicted molar refractivity (Wildman–Crippen MR) is 366 cm³/mol. The SMILES string of the molecule is CC[C@H](C)[C@H](NC(=O)[C@H](CO)NC(=O)[C@@H](N)CSSCCC(=O)CCCCCCC(=O)NCCCCCCO[P+](=O)[O-])C(=O)N[C@H](C(=O)NC(CC(N)=O)C(=O)N[C@@H](Cc1ccccc1)C(=O)NC(CCC(=O)O)C(=O)N[C@@H](CCCCN)C(=O)N[C@H](C=O)CC(C)C)[C@@H](C)CC. The molecule has 33 heteroatoms. The van der Waals surface area contributed by atoms with Crippen LogP contribution in [0.5, 0.6) is 0 Å². The minimum atomic E-state index is -2.83. The van der Waals surface area contributed by atoms with Crippen molar-refractivity contribution in [3.8, 4) is 0 Å². The van der Waals surface area contributed by atoms with Crippen molar-refractivity contribution in [2.24, 2.45) is 35.0 Å². The van der Waals surface area contributed by atoms with Crippen LogP contribution >= 0.6 is 29.8 Å². The summed E-state index contributed by atoms with van der Waals surface area (Å²) in [7, 11) is -0.251. The molecule has 0 aliphatic carbocycles. The van der Waals surface area contributed by atoms with Crippen LogP contribution in [-0.2, 0) is 77.8 Å². The molecular formula is C64H107N12O18PS2. The van der Waals surface area contributed by atoms with Gasteiger partial charge in [-0.3, -0.25) is 57.5 Å².